The lowest BCUT2D eigenvalue weighted by atomic mass is 10.3. The highest BCUT2D eigenvalue weighted by Gasteiger charge is 1.90. The van der Waals surface area contributed by atoms with Gasteiger partial charge in [0.2, 0.25) is 0 Å². The van der Waals surface area contributed by atoms with Gasteiger partial charge in [0.25, 0.3) is 0 Å². The van der Waals surface area contributed by atoms with E-state index < -0.39 is 0 Å². The second-order valence-electron chi connectivity index (χ2n) is 3.01. The van der Waals surface area contributed by atoms with Crippen LogP contribution in [0.15, 0.2) is 48.5 Å². The topological polar surface area (TPSA) is 80.9 Å². The molecular formula is C12H12O4. The first-order valence-corrected chi connectivity index (χ1v) is 4.54. The summed E-state index contributed by atoms with van der Waals surface area (Å²) >= 11 is 0. The van der Waals surface area contributed by atoms with Crippen LogP contribution in [0.25, 0.3) is 0 Å². The summed E-state index contributed by atoms with van der Waals surface area (Å²) in [5, 5.41) is 34.6. The molecule has 4 heteroatoms. The molecule has 16 heavy (non-hydrogen) atoms. The SMILES string of the molecule is Oc1ccc(O)cc1.Oc1ccccc1O. The number of hydrogen-bond donors (Lipinski definition) is 4. The minimum Gasteiger partial charge on any atom is -0.508 e. The molecule has 0 fully saturated rings. The van der Waals surface area contributed by atoms with Gasteiger partial charge in [0.1, 0.15) is 11.5 Å². The molecule has 0 heterocycles. The van der Waals surface area contributed by atoms with Gasteiger partial charge in [0.05, 0.1) is 0 Å². The van der Waals surface area contributed by atoms with Crippen molar-refractivity contribution in [3.8, 4) is 23.0 Å². The lowest BCUT2D eigenvalue weighted by molar-refractivity contribution is 0.404. The molecule has 0 amide bonds. The highest BCUT2D eigenvalue weighted by molar-refractivity contribution is 5.36. The first-order valence-electron chi connectivity index (χ1n) is 4.54. The highest BCUT2D eigenvalue weighted by Crippen LogP contribution is 2.21. The molecule has 4 N–H and O–H groups in total. The molecule has 0 aromatic heterocycles. The highest BCUT2D eigenvalue weighted by atomic mass is 16.3. The molecular weight excluding hydrogens is 208 g/mol. The molecule has 2 aromatic rings. The van der Waals surface area contributed by atoms with Gasteiger partial charge in [0, 0.05) is 0 Å². The molecule has 2 aromatic carbocycles. The van der Waals surface area contributed by atoms with Gasteiger partial charge in [-0.3, -0.25) is 0 Å². The molecule has 4 nitrogen and oxygen atoms in total. The summed E-state index contributed by atoms with van der Waals surface area (Å²) in [7, 11) is 0. The zero-order valence-corrected chi connectivity index (χ0v) is 8.41. The van der Waals surface area contributed by atoms with Gasteiger partial charge in [-0.05, 0) is 36.4 Å². The summed E-state index contributed by atoms with van der Waals surface area (Å²) in [6, 6.07) is 11.9. The largest absolute Gasteiger partial charge is 0.508 e. The van der Waals surface area contributed by atoms with Gasteiger partial charge in [0.15, 0.2) is 11.5 Å². The average Bonchev–Trinajstić information content (AvgIpc) is 2.28. The fraction of sp³-hybridized carbons (Fsp3) is 0. The van der Waals surface area contributed by atoms with Crippen molar-refractivity contribution in [2.24, 2.45) is 0 Å². The van der Waals surface area contributed by atoms with Crippen LogP contribution in [-0.4, -0.2) is 20.4 Å². The van der Waals surface area contributed by atoms with E-state index in [4.69, 9.17) is 20.4 Å². The van der Waals surface area contributed by atoms with Crippen molar-refractivity contribution < 1.29 is 20.4 Å². The molecule has 0 spiro atoms. The Bertz CT molecular complexity index is 395. The molecule has 84 valence electrons. The number of hydrogen-bond acceptors (Lipinski definition) is 4. The van der Waals surface area contributed by atoms with Crippen molar-refractivity contribution >= 4 is 0 Å². The first kappa shape index (κ1) is 11.7. The lowest BCUT2D eigenvalue weighted by Gasteiger charge is -1.91. The van der Waals surface area contributed by atoms with Crippen LogP contribution in [0.5, 0.6) is 23.0 Å². The first-order chi connectivity index (χ1) is 7.59. The van der Waals surface area contributed by atoms with E-state index in [1.807, 2.05) is 0 Å². The molecule has 0 saturated heterocycles. The van der Waals surface area contributed by atoms with E-state index in [-0.39, 0.29) is 23.0 Å². The van der Waals surface area contributed by atoms with Crippen molar-refractivity contribution in [2.45, 2.75) is 0 Å². The number of benzene rings is 2. The van der Waals surface area contributed by atoms with Gasteiger partial charge in [-0.1, -0.05) is 12.1 Å². The van der Waals surface area contributed by atoms with Crippen molar-refractivity contribution in [3.05, 3.63) is 48.5 Å². The van der Waals surface area contributed by atoms with Crippen molar-refractivity contribution in [3.63, 3.8) is 0 Å². The zero-order valence-electron chi connectivity index (χ0n) is 8.41. The van der Waals surface area contributed by atoms with Gasteiger partial charge in [-0.25, -0.2) is 0 Å². The minimum atomic E-state index is -0.0764. The summed E-state index contributed by atoms with van der Waals surface area (Å²) in [4.78, 5) is 0. The summed E-state index contributed by atoms with van der Waals surface area (Å²) in [5.41, 5.74) is 0. The normalized spacial score (nSPS) is 9.00. The van der Waals surface area contributed by atoms with Crippen LogP contribution in [0.1, 0.15) is 0 Å². The van der Waals surface area contributed by atoms with E-state index in [0.29, 0.717) is 0 Å². The second kappa shape index (κ2) is 5.50. The quantitative estimate of drug-likeness (QED) is 0.405. The van der Waals surface area contributed by atoms with Crippen LogP contribution < -0.4 is 0 Å². The molecule has 0 radical (unpaired) electrons. The maximum Gasteiger partial charge on any atom is 0.157 e. The maximum absolute atomic E-state index is 8.67. The molecule has 0 aliphatic rings. The van der Waals surface area contributed by atoms with E-state index >= 15 is 0 Å². The Morgan fingerprint density at radius 2 is 0.812 bits per heavy atom. The predicted molar refractivity (Wildman–Crippen MR) is 59.5 cm³/mol. The predicted octanol–water partition coefficient (Wildman–Crippen LogP) is 2.20. The number of aromatic hydroxyl groups is 4. The van der Waals surface area contributed by atoms with Crippen LogP contribution in [0.2, 0.25) is 0 Å². The molecule has 0 unspecified atom stereocenters. The van der Waals surface area contributed by atoms with Crippen molar-refractivity contribution in [1.82, 2.24) is 0 Å². The monoisotopic (exact) mass is 220 g/mol. The Morgan fingerprint density at radius 1 is 0.500 bits per heavy atom. The third kappa shape index (κ3) is 3.79. The molecule has 2 rings (SSSR count). The fourth-order valence-corrected chi connectivity index (χ4v) is 0.917. The zero-order chi connectivity index (χ0) is 12.0. The third-order valence-electron chi connectivity index (χ3n) is 1.73. The lowest BCUT2D eigenvalue weighted by Crippen LogP contribution is -1.63. The minimum absolute atomic E-state index is 0.0764. The Morgan fingerprint density at radius 3 is 1.06 bits per heavy atom. The Balaban J connectivity index is 0.000000160. The number of para-hydroxylation sites is 2. The van der Waals surface area contributed by atoms with Gasteiger partial charge < -0.3 is 20.4 Å². The van der Waals surface area contributed by atoms with Gasteiger partial charge >= 0.3 is 0 Å². The fourth-order valence-electron chi connectivity index (χ4n) is 0.917. The summed E-state index contributed by atoms with van der Waals surface area (Å²) in [6.45, 7) is 0. The van der Waals surface area contributed by atoms with Gasteiger partial charge in [-0.15, -0.1) is 0 Å². The van der Waals surface area contributed by atoms with E-state index in [0.717, 1.165) is 0 Å². The third-order valence-corrected chi connectivity index (χ3v) is 1.73. The van der Waals surface area contributed by atoms with Crippen LogP contribution in [0.4, 0.5) is 0 Å². The van der Waals surface area contributed by atoms with E-state index in [2.05, 4.69) is 0 Å². The van der Waals surface area contributed by atoms with E-state index in [9.17, 15) is 0 Å². The Kier molecular flexibility index (Phi) is 4.03. The van der Waals surface area contributed by atoms with Crippen LogP contribution in [-0.2, 0) is 0 Å². The van der Waals surface area contributed by atoms with Crippen LogP contribution >= 0.6 is 0 Å². The Hall–Kier alpha value is -2.36. The van der Waals surface area contributed by atoms with Crippen LogP contribution in [0, 0.1) is 0 Å². The number of phenols is 4. The molecule has 0 bridgehead atoms. The molecule has 0 saturated carbocycles. The van der Waals surface area contributed by atoms with E-state index in [1.54, 1.807) is 12.1 Å². The molecule has 0 aliphatic heterocycles. The second-order valence-corrected chi connectivity index (χ2v) is 3.01. The maximum atomic E-state index is 8.67. The van der Waals surface area contributed by atoms with Crippen LogP contribution in [0.3, 0.4) is 0 Å². The number of phenolic OH excluding ortho intramolecular Hbond substituents is 4. The Labute approximate surface area is 92.7 Å². The average molecular weight is 220 g/mol. The van der Waals surface area contributed by atoms with Gasteiger partial charge in [-0.2, -0.15) is 0 Å². The van der Waals surface area contributed by atoms with Crippen molar-refractivity contribution in [2.75, 3.05) is 0 Å². The summed E-state index contributed by atoms with van der Waals surface area (Å²) in [5.74, 6) is 0.186. The molecule has 0 atom stereocenters. The molecule has 0 aliphatic carbocycles. The van der Waals surface area contributed by atoms with Crippen molar-refractivity contribution in [1.29, 1.82) is 0 Å². The summed E-state index contributed by atoms with van der Waals surface area (Å²) in [6.07, 6.45) is 0. The number of rotatable bonds is 0. The van der Waals surface area contributed by atoms with E-state index in [1.165, 1.54) is 36.4 Å². The smallest absolute Gasteiger partial charge is 0.157 e. The standard InChI is InChI=1S/2C6H6O2/c7-5-1-2-6(8)4-3-5;7-5-3-1-2-4-6(5)8/h2*1-4,7-8H. The summed E-state index contributed by atoms with van der Waals surface area (Å²) < 4.78 is 0.